The molecule has 28 heavy (non-hydrogen) atoms. The van der Waals surface area contributed by atoms with E-state index in [0.717, 1.165) is 28.1 Å². The number of thiocarbonyl (C=S) groups is 1. The Hall–Kier alpha value is -2.84. The molecule has 0 spiro atoms. The number of hydrogen-bond donors (Lipinski definition) is 1. The minimum atomic E-state index is -0.429. The maximum atomic E-state index is 12.6. The van der Waals surface area contributed by atoms with E-state index in [0.29, 0.717) is 22.8 Å². The van der Waals surface area contributed by atoms with Gasteiger partial charge < -0.3 is 9.47 Å². The third kappa shape index (κ3) is 4.52. The Morgan fingerprint density at radius 1 is 1.14 bits per heavy atom. The zero-order chi connectivity index (χ0) is 20.1. The Labute approximate surface area is 172 Å². The number of nitrogens with zero attached hydrogens (tertiary/aromatic N) is 1. The molecular formula is C20H18N2O4S2. The van der Waals surface area contributed by atoms with Crippen LogP contribution in [0.25, 0.3) is 6.08 Å². The van der Waals surface area contributed by atoms with Crippen molar-refractivity contribution in [2.45, 2.75) is 6.92 Å². The Balaban J connectivity index is 1.71. The van der Waals surface area contributed by atoms with E-state index in [4.69, 9.17) is 21.7 Å². The first kappa shape index (κ1) is 19.9. The molecule has 2 aromatic carbocycles. The molecule has 6 nitrogen and oxygen atoms in total. The van der Waals surface area contributed by atoms with Crippen molar-refractivity contribution in [2.24, 2.45) is 0 Å². The molecule has 8 heteroatoms. The van der Waals surface area contributed by atoms with Crippen molar-refractivity contribution < 1.29 is 19.1 Å². The lowest BCUT2D eigenvalue weighted by Gasteiger charge is -2.15. The van der Waals surface area contributed by atoms with Gasteiger partial charge >= 0.3 is 0 Å². The molecule has 0 radical (unpaired) electrons. The molecule has 2 aromatic rings. The summed E-state index contributed by atoms with van der Waals surface area (Å²) in [5, 5.41) is 1.09. The summed E-state index contributed by atoms with van der Waals surface area (Å²) < 4.78 is 10.7. The van der Waals surface area contributed by atoms with Gasteiger partial charge in [0.25, 0.3) is 11.8 Å². The molecule has 1 fully saturated rings. The Morgan fingerprint density at radius 3 is 2.39 bits per heavy atom. The van der Waals surface area contributed by atoms with Crippen LogP contribution in [0.1, 0.15) is 22.8 Å². The summed E-state index contributed by atoms with van der Waals surface area (Å²) in [4.78, 5) is 25.5. The zero-order valence-electron chi connectivity index (χ0n) is 15.3. The molecule has 3 rings (SSSR count). The molecule has 0 unspecified atom stereocenters. The lowest BCUT2D eigenvalue weighted by atomic mass is 10.2. The van der Waals surface area contributed by atoms with Gasteiger partial charge in [0.2, 0.25) is 0 Å². The minimum absolute atomic E-state index is 0.268. The van der Waals surface area contributed by atoms with E-state index in [2.05, 4.69) is 5.43 Å². The molecule has 0 saturated carbocycles. The van der Waals surface area contributed by atoms with Crippen molar-refractivity contribution in [1.29, 1.82) is 0 Å². The number of ether oxygens (including phenoxy) is 2. The van der Waals surface area contributed by atoms with Gasteiger partial charge in [-0.1, -0.05) is 23.9 Å². The molecule has 0 bridgehead atoms. The average Bonchev–Trinajstić information content (AvgIpc) is 2.97. The quantitative estimate of drug-likeness (QED) is 0.575. The molecule has 1 aliphatic rings. The van der Waals surface area contributed by atoms with Crippen molar-refractivity contribution in [1.82, 2.24) is 10.4 Å². The molecule has 1 heterocycles. The summed E-state index contributed by atoms with van der Waals surface area (Å²) in [5.41, 5.74) is 3.79. The summed E-state index contributed by atoms with van der Waals surface area (Å²) in [7, 11) is 1.55. The fourth-order valence-corrected chi connectivity index (χ4v) is 3.63. The third-order valence-electron chi connectivity index (χ3n) is 3.85. The molecule has 0 aliphatic carbocycles. The monoisotopic (exact) mass is 414 g/mol. The largest absolute Gasteiger partial charge is 0.497 e. The smallest absolute Gasteiger partial charge is 0.285 e. The van der Waals surface area contributed by atoms with Crippen molar-refractivity contribution in [3.05, 3.63) is 64.6 Å². The van der Waals surface area contributed by atoms with Crippen LogP contribution < -0.4 is 14.9 Å². The average molecular weight is 415 g/mol. The van der Waals surface area contributed by atoms with E-state index in [1.165, 1.54) is 0 Å². The highest BCUT2D eigenvalue weighted by Gasteiger charge is 2.33. The zero-order valence-corrected chi connectivity index (χ0v) is 16.9. The maximum Gasteiger partial charge on any atom is 0.285 e. The van der Waals surface area contributed by atoms with Crippen LogP contribution in [0.15, 0.2) is 53.4 Å². The maximum absolute atomic E-state index is 12.6. The lowest BCUT2D eigenvalue weighted by Crippen LogP contribution is -2.44. The van der Waals surface area contributed by atoms with Crippen LogP contribution in [0, 0.1) is 0 Å². The molecule has 0 aromatic heterocycles. The first-order chi connectivity index (χ1) is 13.5. The topological polar surface area (TPSA) is 67.9 Å². The fraction of sp³-hybridized carbons (Fsp3) is 0.150. The number of hydrazine groups is 1. The van der Waals surface area contributed by atoms with Gasteiger partial charge in [0.1, 0.15) is 11.5 Å². The van der Waals surface area contributed by atoms with Gasteiger partial charge in [0, 0.05) is 5.56 Å². The molecule has 1 aliphatic heterocycles. The van der Waals surface area contributed by atoms with Gasteiger partial charge in [0.15, 0.2) is 4.32 Å². The number of benzene rings is 2. The number of amides is 2. The molecule has 1 saturated heterocycles. The molecular weight excluding hydrogens is 396 g/mol. The van der Waals surface area contributed by atoms with E-state index < -0.39 is 5.91 Å². The van der Waals surface area contributed by atoms with Crippen LogP contribution in [0.4, 0.5) is 0 Å². The van der Waals surface area contributed by atoms with Crippen molar-refractivity contribution in [3.63, 3.8) is 0 Å². The van der Waals surface area contributed by atoms with E-state index in [1.807, 2.05) is 31.2 Å². The summed E-state index contributed by atoms with van der Waals surface area (Å²) in [5.74, 6) is 0.603. The predicted octanol–water partition coefficient (Wildman–Crippen LogP) is 3.64. The third-order valence-corrected chi connectivity index (χ3v) is 5.15. The van der Waals surface area contributed by atoms with Crippen LogP contribution in [-0.2, 0) is 4.79 Å². The number of carbonyl (C=O) groups excluding carboxylic acids is 2. The van der Waals surface area contributed by atoms with E-state index in [1.54, 1.807) is 37.5 Å². The number of thioether (sulfide) groups is 1. The number of hydrogen-bond acceptors (Lipinski definition) is 6. The summed E-state index contributed by atoms with van der Waals surface area (Å²) in [6.07, 6.45) is 1.73. The molecule has 2 amide bonds. The van der Waals surface area contributed by atoms with Crippen LogP contribution >= 0.6 is 24.0 Å². The summed E-state index contributed by atoms with van der Waals surface area (Å²) >= 11 is 6.38. The number of methoxy groups -OCH3 is 1. The van der Waals surface area contributed by atoms with E-state index >= 15 is 0 Å². The van der Waals surface area contributed by atoms with Crippen LogP contribution in [0.5, 0.6) is 11.5 Å². The second-order valence-corrected chi connectivity index (χ2v) is 7.36. The van der Waals surface area contributed by atoms with Crippen LogP contribution in [0.3, 0.4) is 0 Å². The van der Waals surface area contributed by atoms with E-state index in [9.17, 15) is 9.59 Å². The highest BCUT2D eigenvalue weighted by Crippen LogP contribution is 2.31. The minimum Gasteiger partial charge on any atom is -0.497 e. The summed E-state index contributed by atoms with van der Waals surface area (Å²) in [6.45, 7) is 2.51. The Bertz CT molecular complexity index is 924. The van der Waals surface area contributed by atoms with Gasteiger partial charge in [-0.3, -0.25) is 15.0 Å². The second-order valence-electron chi connectivity index (χ2n) is 5.69. The normalized spacial score (nSPS) is 15.1. The van der Waals surface area contributed by atoms with Crippen molar-refractivity contribution in [2.75, 3.05) is 13.7 Å². The van der Waals surface area contributed by atoms with Crippen molar-refractivity contribution in [3.8, 4) is 11.5 Å². The van der Waals surface area contributed by atoms with Crippen molar-refractivity contribution >= 4 is 46.2 Å². The Kier molecular flexibility index (Phi) is 6.33. The number of nitrogens with one attached hydrogen (secondary N) is 1. The molecule has 1 N–H and O–H groups in total. The van der Waals surface area contributed by atoms with E-state index in [-0.39, 0.29) is 10.2 Å². The van der Waals surface area contributed by atoms with Gasteiger partial charge in [-0.2, -0.15) is 5.01 Å². The highest BCUT2D eigenvalue weighted by atomic mass is 32.2. The lowest BCUT2D eigenvalue weighted by molar-refractivity contribution is -0.123. The number of carbonyl (C=O) groups is 2. The Morgan fingerprint density at radius 2 is 1.79 bits per heavy atom. The first-order valence-corrected chi connectivity index (χ1v) is 9.70. The number of rotatable bonds is 6. The van der Waals surface area contributed by atoms with Gasteiger partial charge in [-0.25, -0.2) is 0 Å². The predicted molar refractivity (Wildman–Crippen MR) is 113 cm³/mol. The van der Waals surface area contributed by atoms with Crippen LogP contribution in [0.2, 0.25) is 0 Å². The fourth-order valence-electron chi connectivity index (χ4n) is 2.45. The molecule has 0 atom stereocenters. The van der Waals surface area contributed by atoms with Gasteiger partial charge in [0.05, 0.1) is 18.6 Å². The van der Waals surface area contributed by atoms with Gasteiger partial charge in [-0.15, -0.1) is 0 Å². The SMILES string of the molecule is CCOc1ccc(/C=C2\SC(=S)N(NC(=O)c3ccc(OC)cc3)C2=O)cc1. The summed E-state index contributed by atoms with van der Waals surface area (Å²) in [6, 6.07) is 13.9. The molecule has 144 valence electrons. The second kappa shape index (κ2) is 8.90. The van der Waals surface area contributed by atoms with Crippen LogP contribution in [-0.4, -0.2) is 34.9 Å². The van der Waals surface area contributed by atoms with Gasteiger partial charge in [-0.05, 0) is 67.2 Å². The highest BCUT2D eigenvalue weighted by molar-refractivity contribution is 8.26. The standard InChI is InChI=1S/C20H18N2O4S2/c1-3-26-16-8-4-13(5-9-16)12-17-19(24)22(20(27)28-17)21-18(23)14-6-10-15(25-2)11-7-14/h4-12H,3H2,1-2H3,(H,21,23)/b17-12-. The first-order valence-electron chi connectivity index (χ1n) is 8.47.